The minimum atomic E-state index is 0. The Morgan fingerprint density at radius 1 is 1.04 bits per heavy atom. The second kappa shape index (κ2) is 13.4. The lowest BCUT2D eigenvalue weighted by Gasteiger charge is -2.25. The molecule has 0 aliphatic carbocycles. The maximum atomic E-state index is 5.42. The molecule has 0 radical (unpaired) electrons. The highest BCUT2D eigenvalue weighted by Crippen LogP contribution is 2.17. The summed E-state index contributed by atoms with van der Waals surface area (Å²) in [7, 11) is 5.93. The number of rotatable bonds is 9. The van der Waals surface area contributed by atoms with E-state index in [1.54, 1.807) is 7.11 Å². The van der Waals surface area contributed by atoms with Crippen LogP contribution in [0.5, 0.6) is 5.75 Å². The van der Waals surface area contributed by atoms with Gasteiger partial charge >= 0.3 is 0 Å². The first-order chi connectivity index (χ1) is 13.1. The molecule has 0 amide bonds. The fourth-order valence-corrected chi connectivity index (χ4v) is 2.88. The van der Waals surface area contributed by atoms with Crippen molar-refractivity contribution in [1.82, 2.24) is 15.5 Å². The Hall–Kier alpha value is -1.80. The zero-order valence-electron chi connectivity index (χ0n) is 17.3. The van der Waals surface area contributed by atoms with E-state index in [1.165, 1.54) is 5.56 Å². The molecule has 2 N–H and O–H groups in total. The van der Waals surface area contributed by atoms with Gasteiger partial charge in [-0.1, -0.05) is 48.5 Å². The van der Waals surface area contributed by atoms with Crippen molar-refractivity contribution in [3.05, 3.63) is 65.7 Å². The Morgan fingerprint density at radius 2 is 1.71 bits per heavy atom. The van der Waals surface area contributed by atoms with Crippen LogP contribution in [0.15, 0.2) is 59.6 Å². The normalized spacial score (nSPS) is 12.2. The number of ether oxygens (including phenoxy) is 1. The first kappa shape index (κ1) is 24.2. The van der Waals surface area contributed by atoms with Crippen LogP contribution in [0.4, 0.5) is 0 Å². The van der Waals surface area contributed by atoms with E-state index in [9.17, 15) is 0 Å². The third kappa shape index (κ3) is 8.06. The van der Waals surface area contributed by atoms with Gasteiger partial charge in [0, 0.05) is 24.7 Å². The van der Waals surface area contributed by atoms with Crippen LogP contribution in [0, 0.1) is 0 Å². The number of methoxy groups -OCH3 is 1. The molecular formula is C22H33IN4O. The average Bonchev–Trinajstić information content (AvgIpc) is 2.69. The van der Waals surface area contributed by atoms with E-state index in [0.717, 1.165) is 36.8 Å². The summed E-state index contributed by atoms with van der Waals surface area (Å²) in [5, 5.41) is 6.81. The number of para-hydroxylation sites is 1. The molecule has 5 nitrogen and oxygen atoms in total. The number of hydrogen-bond donors (Lipinski definition) is 2. The molecule has 0 saturated heterocycles. The second-order valence-corrected chi connectivity index (χ2v) is 6.70. The number of nitrogens with zero attached hydrogens (tertiary/aromatic N) is 2. The van der Waals surface area contributed by atoms with E-state index in [1.807, 2.05) is 24.3 Å². The Bertz CT molecular complexity index is 707. The van der Waals surface area contributed by atoms with Crippen LogP contribution in [0.2, 0.25) is 0 Å². The van der Waals surface area contributed by atoms with Gasteiger partial charge in [0.25, 0.3) is 0 Å². The summed E-state index contributed by atoms with van der Waals surface area (Å²) in [6, 6.07) is 19.0. The molecule has 6 heteroatoms. The third-order valence-corrected chi connectivity index (χ3v) is 4.49. The summed E-state index contributed by atoms with van der Waals surface area (Å²) >= 11 is 0. The maximum absolute atomic E-state index is 5.42. The van der Waals surface area contributed by atoms with Gasteiger partial charge in [0.2, 0.25) is 0 Å². The Balaban J connectivity index is 0.00000392. The van der Waals surface area contributed by atoms with Crippen molar-refractivity contribution >= 4 is 29.9 Å². The van der Waals surface area contributed by atoms with Gasteiger partial charge in [0.15, 0.2) is 5.96 Å². The molecule has 2 aromatic carbocycles. The van der Waals surface area contributed by atoms with E-state index < -0.39 is 0 Å². The standard InChI is InChI=1S/C22H32N4O.HI/c1-5-23-22(24-16-19-13-9-10-14-21(19)27-4)25-17-20(26(2)3)15-18-11-7-6-8-12-18;/h6-14,20H,5,15-17H2,1-4H3,(H2,23,24,25);1H. The molecule has 2 aromatic rings. The lowest BCUT2D eigenvalue weighted by Crippen LogP contribution is -2.46. The third-order valence-electron chi connectivity index (χ3n) is 4.49. The molecule has 0 aliphatic rings. The molecule has 1 unspecified atom stereocenters. The predicted octanol–water partition coefficient (Wildman–Crippen LogP) is 3.54. The minimum absolute atomic E-state index is 0. The van der Waals surface area contributed by atoms with Gasteiger partial charge in [-0.15, -0.1) is 24.0 Å². The number of aliphatic imine (C=N–C) groups is 1. The number of halogens is 1. The number of nitrogens with one attached hydrogen (secondary N) is 2. The van der Waals surface area contributed by atoms with Crippen molar-refractivity contribution < 1.29 is 4.74 Å². The molecule has 154 valence electrons. The molecule has 0 bridgehead atoms. The maximum Gasteiger partial charge on any atom is 0.191 e. The van der Waals surface area contributed by atoms with Crippen molar-refractivity contribution in [3.8, 4) is 5.75 Å². The number of hydrogen-bond acceptors (Lipinski definition) is 3. The summed E-state index contributed by atoms with van der Waals surface area (Å²) in [5.74, 6) is 1.69. The Morgan fingerprint density at radius 3 is 2.36 bits per heavy atom. The minimum Gasteiger partial charge on any atom is -0.496 e. The van der Waals surface area contributed by atoms with Crippen molar-refractivity contribution in [3.63, 3.8) is 0 Å². The zero-order chi connectivity index (χ0) is 19.5. The van der Waals surface area contributed by atoms with Gasteiger partial charge in [-0.05, 0) is 39.1 Å². The SMILES string of the molecule is CCNC(=NCc1ccccc1OC)NCC(Cc1ccccc1)N(C)C.I. The topological polar surface area (TPSA) is 48.9 Å². The van der Waals surface area contributed by atoms with Gasteiger partial charge < -0.3 is 20.3 Å². The van der Waals surface area contributed by atoms with E-state index in [2.05, 4.69) is 66.9 Å². The summed E-state index contributed by atoms with van der Waals surface area (Å²) in [6.07, 6.45) is 0.993. The van der Waals surface area contributed by atoms with Gasteiger partial charge in [-0.3, -0.25) is 0 Å². The lowest BCUT2D eigenvalue weighted by atomic mass is 10.1. The van der Waals surface area contributed by atoms with E-state index in [0.29, 0.717) is 12.6 Å². The quantitative estimate of drug-likeness (QED) is 0.317. The molecule has 2 rings (SSSR count). The summed E-state index contributed by atoms with van der Waals surface area (Å²) in [5.41, 5.74) is 2.42. The Labute approximate surface area is 186 Å². The van der Waals surface area contributed by atoms with Crippen molar-refractivity contribution in [2.45, 2.75) is 25.9 Å². The highest BCUT2D eigenvalue weighted by Gasteiger charge is 2.13. The van der Waals surface area contributed by atoms with E-state index in [4.69, 9.17) is 9.73 Å². The van der Waals surface area contributed by atoms with E-state index >= 15 is 0 Å². The lowest BCUT2D eigenvalue weighted by molar-refractivity contribution is 0.290. The van der Waals surface area contributed by atoms with Crippen molar-refractivity contribution in [2.75, 3.05) is 34.3 Å². The summed E-state index contributed by atoms with van der Waals surface area (Å²) < 4.78 is 5.42. The average molecular weight is 496 g/mol. The zero-order valence-corrected chi connectivity index (χ0v) is 19.6. The molecule has 0 saturated carbocycles. The molecule has 0 spiro atoms. The van der Waals surface area contributed by atoms with Crippen molar-refractivity contribution in [1.29, 1.82) is 0 Å². The first-order valence-corrected chi connectivity index (χ1v) is 9.48. The number of guanidine groups is 1. The fourth-order valence-electron chi connectivity index (χ4n) is 2.88. The Kier molecular flexibility index (Phi) is 11.6. The highest BCUT2D eigenvalue weighted by molar-refractivity contribution is 14.0. The van der Waals surface area contributed by atoms with Gasteiger partial charge in [-0.25, -0.2) is 4.99 Å². The van der Waals surface area contributed by atoms with Crippen molar-refractivity contribution in [2.24, 2.45) is 4.99 Å². The molecule has 0 heterocycles. The smallest absolute Gasteiger partial charge is 0.191 e. The van der Waals surface area contributed by atoms with Gasteiger partial charge in [0.1, 0.15) is 5.75 Å². The van der Waals surface area contributed by atoms with Crippen LogP contribution in [0.25, 0.3) is 0 Å². The monoisotopic (exact) mass is 496 g/mol. The largest absolute Gasteiger partial charge is 0.496 e. The van der Waals surface area contributed by atoms with Crippen LogP contribution in [-0.4, -0.2) is 51.2 Å². The molecule has 0 fully saturated rings. The first-order valence-electron chi connectivity index (χ1n) is 9.48. The van der Waals surface area contributed by atoms with Crippen LogP contribution in [0.3, 0.4) is 0 Å². The highest BCUT2D eigenvalue weighted by atomic mass is 127. The summed E-state index contributed by atoms with van der Waals surface area (Å²) in [6.45, 7) is 4.29. The molecule has 1 atom stereocenters. The van der Waals surface area contributed by atoms with Gasteiger partial charge in [-0.2, -0.15) is 0 Å². The fraction of sp³-hybridized carbons (Fsp3) is 0.409. The molecule has 28 heavy (non-hydrogen) atoms. The number of likely N-dealkylation sites (N-methyl/N-ethyl adjacent to an activating group) is 1. The number of benzene rings is 2. The second-order valence-electron chi connectivity index (χ2n) is 6.70. The van der Waals surface area contributed by atoms with Gasteiger partial charge in [0.05, 0.1) is 13.7 Å². The van der Waals surface area contributed by atoms with Crippen LogP contribution in [0.1, 0.15) is 18.1 Å². The summed E-state index contributed by atoms with van der Waals surface area (Å²) in [4.78, 5) is 6.98. The van der Waals surface area contributed by atoms with Crippen LogP contribution < -0.4 is 15.4 Å². The van der Waals surface area contributed by atoms with Crippen LogP contribution in [-0.2, 0) is 13.0 Å². The van der Waals surface area contributed by atoms with Crippen LogP contribution >= 0.6 is 24.0 Å². The molecular weight excluding hydrogens is 463 g/mol. The predicted molar refractivity (Wildman–Crippen MR) is 129 cm³/mol. The molecule has 0 aliphatic heterocycles. The molecule has 0 aromatic heterocycles. The van der Waals surface area contributed by atoms with E-state index in [-0.39, 0.29) is 24.0 Å².